The SMILES string of the molecule is CC(C)C(CNC(=O)N1CCOC2(CCOC2)C1)Cc1ccccc1. The second kappa shape index (κ2) is 8.19. The number of nitrogens with zero attached hydrogens (tertiary/aromatic N) is 1. The van der Waals surface area contributed by atoms with Gasteiger partial charge in [-0.2, -0.15) is 0 Å². The van der Waals surface area contributed by atoms with Gasteiger partial charge in [0.2, 0.25) is 0 Å². The van der Waals surface area contributed by atoms with Gasteiger partial charge < -0.3 is 19.7 Å². The third-order valence-corrected chi connectivity index (χ3v) is 5.40. The highest BCUT2D eigenvalue weighted by molar-refractivity contribution is 5.74. The van der Waals surface area contributed by atoms with Gasteiger partial charge in [-0.05, 0) is 23.8 Å². The summed E-state index contributed by atoms with van der Waals surface area (Å²) in [5, 5.41) is 3.15. The molecule has 2 heterocycles. The van der Waals surface area contributed by atoms with Gasteiger partial charge in [-0.3, -0.25) is 0 Å². The van der Waals surface area contributed by atoms with E-state index in [0.29, 0.717) is 44.7 Å². The third kappa shape index (κ3) is 4.73. The van der Waals surface area contributed by atoms with Crippen molar-refractivity contribution < 1.29 is 14.3 Å². The summed E-state index contributed by atoms with van der Waals surface area (Å²) in [6.07, 6.45) is 1.86. The van der Waals surface area contributed by atoms with Gasteiger partial charge in [-0.25, -0.2) is 4.79 Å². The molecule has 2 saturated heterocycles. The zero-order valence-corrected chi connectivity index (χ0v) is 15.4. The molecule has 1 N–H and O–H groups in total. The van der Waals surface area contributed by atoms with Crippen molar-refractivity contribution in [1.82, 2.24) is 10.2 Å². The molecular weight excluding hydrogens is 316 g/mol. The summed E-state index contributed by atoms with van der Waals surface area (Å²) < 4.78 is 11.4. The fraction of sp³-hybridized carbons (Fsp3) is 0.650. The van der Waals surface area contributed by atoms with E-state index in [9.17, 15) is 4.79 Å². The lowest BCUT2D eigenvalue weighted by Gasteiger charge is -2.39. The zero-order valence-electron chi connectivity index (χ0n) is 15.4. The standard InChI is InChI=1S/C20H30N2O3/c1-16(2)18(12-17-6-4-3-5-7-17)13-21-19(23)22-9-11-25-20(14-22)8-10-24-15-20/h3-7,16,18H,8-15H2,1-2H3,(H,21,23). The van der Waals surface area contributed by atoms with E-state index in [1.807, 2.05) is 11.0 Å². The lowest BCUT2D eigenvalue weighted by Crippen LogP contribution is -2.56. The maximum absolute atomic E-state index is 12.6. The first-order valence-electron chi connectivity index (χ1n) is 9.36. The average molecular weight is 346 g/mol. The molecule has 138 valence electrons. The Morgan fingerprint density at radius 1 is 1.28 bits per heavy atom. The summed E-state index contributed by atoms with van der Waals surface area (Å²) in [5.41, 5.74) is 1.04. The van der Waals surface area contributed by atoms with Crippen LogP contribution in [0.2, 0.25) is 0 Å². The number of amides is 2. The summed E-state index contributed by atoms with van der Waals surface area (Å²) in [6, 6.07) is 10.5. The Kier molecular flexibility index (Phi) is 5.97. The summed E-state index contributed by atoms with van der Waals surface area (Å²) in [6.45, 7) is 8.34. The van der Waals surface area contributed by atoms with Gasteiger partial charge >= 0.3 is 6.03 Å². The minimum Gasteiger partial charge on any atom is -0.378 e. The first-order valence-corrected chi connectivity index (χ1v) is 9.36. The van der Waals surface area contributed by atoms with E-state index in [-0.39, 0.29) is 11.6 Å². The average Bonchev–Trinajstić information content (AvgIpc) is 3.06. The highest BCUT2D eigenvalue weighted by atomic mass is 16.6. The van der Waals surface area contributed by atoms with Crippen molar-refractivity contribution in [2.45, 2.75) is 32.3 Å². The molecular formula is C20H30N2O3. The normalized spacial score (nSPS) is 24.7. The van der Waals surface area contributed by atoms with Gasteiger partial charge in [0.1, 0.15) is 5.60 Å². The lowest BCUT2D eigenvalue weighted by atomic mass is 9.89. The first kappa shape index (κ1) is 18.2. The number of hydrogen-bond acceptors (Lipinski definition) is 3. The molecule has 2 fully saturated rings. The molecule has 0 aromatic heterocycles. The minimum atomic E-state index is -0.281. The molecule has 1 spiro atoms. The molecule has 2 unspecified atom stereocenters. The topological polar surface area (TPSA) is 50.8 Å². The molecule has 5 heteroatoms. The molecule has 1 aromatic carbocycles. The van der Waals surface area contributed by atoms with Crippen molar-refractivity contribution in [3.63, 3.8) is 0 Å². The van der Waals surface area contributed by atoms with Crippen LogP contribution in [0.25, 0.3) is 0 Å². The number of carbonyl (C=O) groups is 1. The number of ether oxygens (including phenoxy) is 2. The minimum absolute atomic E-state index is 0.0216. The van der Waals surface area contributed by atoms with Crippen molar-refractivity contribution in [2.24, 2.45) is 11.8 Å². The van der Waals surface area contributed by atoms with E-state index in [1.165, 1.54) is 5.56 Å². The van der Waals surface area contributed by atoms with Crippen LogP contribution < -0.4 is 5.32 Å². The Morgan fingerprint density at radius 2 is 2.08 bits per heavy atom. The van der Waals surface area contributed by atoms with Crippen molar-refractivity contribution in [3.05, 3.63) is 35.9 Å². The second-order valence-electron chi connectivity index (χ2n) is 7.64. The van der Waals surface area contributed by atoms with Gasteiger partial charge in [0.25, 0.3) is 0 Å². The maximum atomic E-state index is 12.6. The predicted octanol–water partition coefficient (Wildman–Crippen LogP) is 2.70. The second-order valence-corrected chi connectivity index (χ2v) is 7.64. The Hall–Kier alpha value is -1.59. The quantitative estimate of drug-likeness (QED) is 0.892. The molecule has 0 bridgehead atoms. The largest absolute Gasteiger partial charge is 0.378 e. The van der Waals surface area contributed by atoms with E-state index in [2.05, 4.69) is 43.4 Å². The lowest BCUT2D eigenvalue weighted by molar-refractivity contribution is -0.0975. The Morgan fingerprint density at radius 3 is 2.76 bits per heavy atom. The van der Waals surface area contributed by atoms with Crippen LogP contribution in [0.1, 0.15) is 25.8 Å². The predicted molar refractivity (Wildman–Crippen MR) is 97.6 cm³/mol. The number of morpholine rings is 1. The van der Waals surface area contributed by atoms with Crippen molar-refractivity contribution in [1.29, 1.82) is 0 Å². The van der Waals surface area contributed by atoms with Crippen molar-refractivity contribution in [3.8, 4) is 0 Å². The summed E-state index contributed by atoms with van der Waals surface area (Å²) in [7, 11) is 0. The molecule has 2 amide bonds. The zero-order chi connectivity index (χ0) is 17.7. The van der Waals surface area contributed by atoms with Crippen LogP contribution in [-0.4, -0.2) is 56.0 Å². The molecule has 0 saturated carbocycles. The molecule has 0 aliphatic carbocycles. The highest BCUT2D eigenvalue weighted by Gasteiger charge is 2.41. The molecule has 1 aromatic rings. The number of hydrogen-bond donors (Lipinski definition) is 1. The van der Waals surface area contributed by atoms with E-state index in [4.69, 9.17) is 9.47 Å². The van der Waals surface area contributed by atoms with E-state index < -0.39 is 0 Å². The van der Waals surface area contributed by atoms with Crippen LogP contribution in [0.5, 0.6) is 0 Å². The molecule has 2 aliphatic rings. The summed E-state index contributed by atoms with van der Waals surface area (Å²) in [4.78, 5) is 14.5. The van der Waals surface area contributed by atoms with Gasteiger partial charge in [0.15, 0.2) is 0 Å². The van der Waals surface area contributed by atoms with Crippen LogP contribution in [0.15, 0.2) is 30.3 Å². The van der Waals surface area contributed by atoms with E-state index >= 15 is 0 Å². The van der Waals surface area contributed by atoms with Crippen LogP contribution in [-0.2, 0) is 15.9 Å². The molecule has 2 atom stereocenters. The molecule has 3 rings (SSSR count). The van der Waals surface area contributed by atoms with Crippen molar-refractivity contribution >= 4 is 6.03 Å². The van der Waals surface area contributed by atoms with Gasteiger partial charge in [-0.1, -0.05) is 44.2 Å². The van der Waals surface area contributed by atoms with Gasteiger partial charge in [0.05, 0.1) is 19.8 Å². The van der Waals surface area contributed by atoms with Crippen LogP contribution in [0.3, 0.4) is 0 Å². The Bertz CT molecular complexity index is 555. The van der Waals surface area contributed by atoms with E-state index in [0.717, 1.165) is 19.4 Å². The fourth-order valence-electron chi connectivity index (χ4n) is 3.64. The molecule has 25 heavy (non-hydrogen) atoms. The number of benzene rings is 1. The van der Waals surface area contributed by atoms with E-state index in [1.54, 1.807) is 0 Å². The van der Waals surface area contributed by atoms with Crippen molar-refractivity contribution in [2.75, 3.05) is 39.5 Å². The monoisotopic (exact) mass is 346 g/mol. The number of urea groups is 1. The smallest absolute Gasteiger partial charge is 0.317 e. The van der Waals surface area contributed by atoms with Crippen LogP contribution in [0.4, 0.5) is 4.79 Å². The fourth-order valence-corrected chi connectivity index (χ4v) is 3.64. The summed E-state index contributed by atoms with van der Waals surface area (Å²) in [5.74, 6) is 0.941. The van der Waals surface area contributed by atoms with Gasteiger partial charge in [-0.15, -0.1) is 0 Å². The highest BCUT2D eigenvalue weighted by Crippen LogP contribution is 2.27. The first-order chi connectivity index (χ1) is 12.1. The maximum Gasteiger partial charge on any atom is 0.317 e. The van der Waals surface area contributed by atoms with Gasteiger partial charge in [0, 0.05) is 26.1 Å². The molecule has 0 radical (unpaired) electrons. The summed E-state index contributed by atoms with van der Waals surface area (Å²) >= 11 is 0. The molecule has 2 aliphatic heterocycles. The number of carbonyl (C=O) groups excluding carboxylic acids is 1. The number of rotatable bonds is 5. The van der Waals surface area contributed by atoms with Crippen LogP contribution in [0, 0.1) is 11.8 Å². The Balaban J connectivity index is 1.52. The number of nitrogens with one attached hydrogen (secondary N) is 1. The molecule has 5 nitrogen and oxygen atoms in total. The third-order valence-electron chi connectivity index (χ3n) is 5.40. The van der Waals surface area contributed by atoms with Crippen LogP contribution >= 0.6 is 0 Å². The Labute approximate surface area is 150 Å².